The number of ether oxygens (including phenoxy) is 1. The van der Waals surface area contributed by atoms with Crippen LogP contribution in [0, 0.1) is 0 Å². The molecule has 3 rings (SSSR count). The van der Waals surface area contributed by atoms with E-state index in [0.29, 0.717) is 11.0 Å². The van der Waals surface area contributed by atoms with Crippen LogP contribution in [0.2, 0.25) is 0 Å². The quantitative estimate of drug-likeness (QED) is 0.736. The number of hydrogen-bond acceptors (Lipinski definition) is 5. The van der Waals surface area contributed by atoms with E-state index in [9.17, 15) is 9.59 Å². The molecular formula is C17H16N4O3. The average Bonchev–Trinajstić information content (AvgIpc) is 3.04. The van der Waals surface area contributed by atoms with Gasteiger partial charge >= 0.3 is 6.09 Å². The first-order valence-electron chi connectivity index (χ1n) is 7.40. The lowest BCUT2D eigenvalue weighted by Gasteiger charge is -2.16. The molecule has 1 aromatic heterocycles. The highest BCUT2D eigenvalue weighted by Gasteiger charge is 2.18. The second-order valence-electron chi connectivity index (χ2n) is 5.28. The Kier molecular flexibility index (Phi) is 4.51. The van der Waals surface area contributed by atoms with Crippen LogP contribution >= 0.6 is 0 Å². The zero-order valence-corrected chi connectivity index (χ0v) is 13.1. The van der Waals surface area contributed by atoms with Crippen molar-refractivity contribution < 1.29 is 14.3 Å². The summed E-state index contributed by atoms with van der Waals surface area (Å²) in [6.45, 7) is 0.00539. The molecule has 0 aliphatic rings. The van der Waals surface area contributed by atoms with Gasteiger partial charge in [0.25, 0.3) is 5.91 Å². The molecule has 7 heteroatoms. The highest BCUT2D eigenvalue weighted by molar-refractivity contribution is 5.91. The molecular weight excluding hydrogens is 308 g/mol. The Labute approximate surface area is 138 Å². The van der Waals surface area contributed by atoms with E-state index < -0.39 is 6.09 Å². The molecule has 24 heavy (non-hydrogen) atoms. The number of aromatic nitrogens is 3. The maximum atomic E-state index is 12.3. The van der Waals surface area contributed by atoms with Crippen molar-refractivity contribution in [3.63, 3.8) is 0 Å². The SMILES string of the molecule is CN(CC(=O)n1nnc2ccccc21)C(=O)OCc1ccccc1. The van der Waals surface area contributed by atoms with E-state index in [-0.39, 0.29) is 19.1 Å². The normalized spacial score (nSPS) is 10.5. The lowest BCUT2D eigenvalue weighted by atomic mass is 10.2. The maximum Gasteiger partial charge on any atom is 0.410 e. The van der Waals surface area contributed by atoms with Gasteiger partial charge in [0.1, 0.15) is 18.7 Å². The van der Waals surface area contributed by atoms with Crippen molar-refractivity contribution in [1.29, 1.82) is 0 Å². The number of amides is 1. The Bertz CT molecular complexity index is 860. The molecule has 0 aliphatic carbocycles. The largest absolute Gasteiger partial charge is 0.445 e. The van der Waals surface area contributed by atoms with Crippen LogP contribution < -0.4 is 0 Å². The van der Waals surface area contributed by atoms with Crippen LogP contribution in [0.3, 0.4) is 0 Å². The highest BCUT2D eigenvalue weighted by Crippen LogP contribution is 2.10. The summed E-state index contributed by atoms with van der Waals surface area (Å²) in [5.41, 5.74) is 2.11. The first-order chi connectivity index (χ1) is 11.6. The van der Waals surface area contributed by atoms with Crippen molar-refractivity contribution in [2.24, 2.45) is 0 Å². The Morgan fingerprint density at radius 2 is 1.79 bits per heavy atom. The molecule has 0 saturated carbocycles. The Balaban J connectivity index is 1.60. The molecule has 122 valence electrons. The number of para-hydroxylation sites is 1. The molecule has 0 saturated heterocycles. The fraction of sp³-hybridized carbons (Fsp3) is 0.176. The van der Waals surface area contributed by atoms with Gasteiger partial charge in [0.15, 0.2) is 0 Å². The molecule has 2 aromatic carbocycles. The minimum atomic E-state index is -0.573. The summed E-state index contributed by atoms with van der Waals surface area (Å²) in [6, 6.07) is 16.5. The third-order valence-electron chi connectivity index (χ3n) is 3.48. The molecule has 0 atom stereocenters. The molecule has 7 nitrogen and oxygen atoms in total. The molecule has 0 spiro atoms. The molecule has 0 fully saturated rings. The van der Waals surface area contributed by atoms with Gasteiger partial charge in [0, 0.05) is 7.05 Å². The van der Waals surface area contributed by atoms with Gasteiger partial charge in [0.05, 0.1) is 5.52 Å². The first kappa shape index (κ1) is 15.7. The molecule has 1 amide bonds. The van der Waals surface area contributed by atoms with Gasteiger partial charge in [-0.1, -0.05) is 47.7 Å². The number of carbonyl (C=O) groups excluding carboxylic acids is 2. The Morgan fingerprint density at radius 3 is 2.58 bits per heavy atom. The number of hydrogen-bond donors (Lipinski definition) is 0. The van der Waals surface area contributed by atoms with E-state index in [0.717, 1.165) is 5.56 Å². The summed E-state index contributed by atoms with van der Waals surface area (Å²) < 4.78 is 6.38. The van der Waals surface area contributed by atoms with Gasteiger partial charge in [0.2, 0.25) is 0 Å². The van der Waals surface area contributed by atoms with Gasteiger partial charge in [-0.15, -0.1) is 5.10 Å². The van der Waals surface area contributed by atoms with Crippen molar-refractivity contribution in [2.45, 2.75) is 6.61 Å². The van der Waals surface area contributed by atoms with Crippen molar-refractivity contribution in [3.8, 4) is 0 Å². The van der Waals surface area contributed by atoms with Crippen molar-refractivity contribution in [3.05, 3.63) is 60.2 Å². The number of benzene rings is 2. The van der Waals surface area contributed by atoms with E-state index >= 15 is 0 Å². The first-order valence-corrected chi connectivity index (χ1v) is 7.40. The smallest absolute Gasteiger partial charge is 0.410 e. The van der Waals surface area contributed by atoms with Crippen molar-refractivity contribution >= 4 is 23.0 Å². The van der Waals surface area contributed by atoms with E-state index in [1.807, 2.05) is 36.4 Å². The summed E-state index contributed by atoms with van der Waals surface area (Å²) in [5, 5.41) is 7.76. The molecule has 1 heterocycles. The van der Waals surface area contributed by atoms with Crippen molar-refractivity contribution in [1.82, 2.24) is 19.9 Å². The van der Waals surface area contributed by atoms with Gasteiger partial charge in [-0.3, -0.25) is 4.79 Å². The lowest BCUT2D eigenvalue weighted by Crippen LogP contribution is -2.35. The minimum absolute atomic E-state index is 0.152. The highest BCUT2D eigenvalue weighted by atomic mass is 16.6. The average molecular weight is 324 g/mol. The second kappa shape index (κ2) is 6.91. The van der Waals surface area contributed by atoms with E-state index in [1.165, 1.54) is 16.6 Å². The van der Waals surface area contributed by atoms with E-state index in [4.69, 9.17) is 4.74 Å². The molecule has 0 aliphatic heterocycles. The van der Waals surface area contributed by atoms with Crippen molar-refractivity contribution in [2.75, 3.05) is 13.6 Å². The standard InChI is InChI=1S/C17H16N4O3/c1-20(17(23)24-12-13-7-3-2-4-8-13)11-16(22)21-15-10-6-5-9-14(15)18-19-21/h2-10H,11-12H2,1H3. The predicted octanol–water partition coefficient (Wildman–Crippen LogP) is 2.34. The zero-order valence-electron chi connectivity index (χ0n) is 13.1. The Hall–Kier alpha value is -3.22. The summed E-state index contributed by atoms with van der Waals surface area (Å²) in [4.78, 5) is 25.5. The maximum absolute atomic E-state index is 12.3. The van der Waals surface area contributed by atoms with Crippen LogP contribution in [0.4, 0.5) is 4.79 Å². The number of likely N-dealkylation sites (N-methyl/N-ethyl adjacent to an activating group) is 1. The number of fused-ring (bicyclic) bond motifs is 1. The van der Waals surface area contributed by atoms with E-state index in [2.05, 4.69) is 10.3 Å². The third-order valence-corrected chi connectivity index (χ3v) is 3.48. The minimum Gasteiger partial charge on any atom is -0.445 e. The van der Waals surface area contributed by atoms with Crippen LogP contribution in [0.5, 0.6) is 0 Å². The van der Waals surface area contributed by atoms with Gasteiger partial charge in [-0.25, -0.2) is 4.79 Å². The number of rotatable bonds is 4. The van der Waals surface area contributed by atoms with E-state index in [1.54, 1.807) is 18.2 Å². The third kappa shape index (κ3) is 3.40. The Morgan fingerprint density at radius 1 is 1.08 bits per heavy atom. The monoisotopic (exact) mass is 324 g/mol. The molecule has 0 N–H and O–H groups in total. The van der Waals surface area contributed by atoms with Gasteiger partial charge in [-0.2, -0.15) is 4.68 Å². The molecule has 0 radical (unpaired) electrons. The zero-order chi connectivity index (χ0) is 16.9. The van der Waals surface area contributed by atoms with Gasteiger partial charge < -0.3 is 9.64 Å². The topological polar surface area (TPSA) is 77.3 Å². The summed E-state index contributed by atoms with van der Waals surface area (Å²) >= 11 is 0. The lowest BCUT2D eigenvalue weighted by molar-refractivity contribution is 0.0776. The second-order valence-corrected chi connectivity index (χ2v) is 5.28. The summed E-state index contributed by atoms with van der Waals surface area (Å²) in [7, 11) is 1.50. The van der Waals surface area contributed by atoms with Crippen LogP contribution in [0.1, 0.15) is 10.4 Å². The number of carbonyl (C=O) groups is 2. The van der Waals surface area contributed by atoms with Crippen LogP contribution in [-0.4, -0.2) is 45.5 Å². The van der Waals surface area contributed by atoms with Crippen LogP contribution in [0.15, 0.2) is 54.6 Å². The number of nitrogens with zero attached hydrogens (tertiary/aromatic N) is 4. The van der Waals surface area contributed by atoms with Crippen LogP contribution in [-0.2, 0) is 11.3 Å². The summed E-state index contributed by atoms with van der Waals surface area (Å²) in [6.07, 6.45) is -0.573. The molecule has 0 unspecified atom stereocenters. The molecule has 0 bridgehead atoms. The summed E-state index contributed by atoms with van der Waals surface area (Å²) in [5.74, 6) is -0.358. The fourth-order valence-corrected chi connectivity index (χ4v) is 2.22. The predicted molar refractivity (Wildman–Crippen MR) is 87.4 cm³/mol. The van der Waals surface area contributed by atoms with Crippen LogP contribution in [0.25, 0.3) is 11.0 Å². The van der Waals surface area contributed by atoms with Gasteiger partial charge in [-0.05, 0) is 17.7 Å². The molecule has 3 aromatic rings. The fourth-order valence-electron chi connectivity index (χ4n) is 2.22.